The molecule has 2 heterocycles. The molecule has 0 bridgehead atoms. The Morgan fingerprint density at radius 3 is 2.71 bits per heavy atom. The van der Waals surface area contributed by atoms with E-state index in [-0.39, 0.29) is 24.0 Å². The molecule has 0 spiro atoms. The van der Waals surface area contributed by atoms with Crippen molar-refractivity contribution in [3.8, 4) is 0 Å². The molecule has 1 aromatic carbocycles. The van der Waals surface area contributed by atoms with Gasteiger partial charge in [0.25, 0.3) is 0 Å². The lowest BCUT2D eigenvalue weighted by molar-refractivity contribution is -0.143. The first kappa shape index (κ1) is 15.6. The average molecular weight is 328 g/mol. The lowest BCUT2D eigenvalue weighted by Gasteiger charge is -2.37. The van der Waals surface area contributed by atoms with E-state index >= 15 is 0 Å². The predicted octanol–water partition coefficient (Wildman–Crippen LogP) is 2.14. The van der Waals surface area contributed by atoms with E-state index in [9.17, 15) is 9.59 Å². The molecular weight excluding hydrogens is 304 g/mol. The summed E-state index contributed by atoms with van der Waals surface area (Å²) in [5.41, 5.74) is 1.95. The van der Waals surface area contributed by atoms with Gasteiger partial charge in [0.15, 0.2) is 0 Å². The second-order valence-corrected chi connectivity index (χ2v) is 6.99. The maximum absolute atomic E-state index is 12.7. The maximum atomic E-state index is 12.7. The first-order chi connectivity index (χ1) is 11.7. The van der Waals surface area contributed by atoms with Crippen LogP contribution in [0.4, 0.5) is 5.69 Å². The lowest BCUT2D eigenvalue weighted by Crippen LogP contribution is -2.51. The van der Waals surface area contributed by atoms with Gasteiger partial charge in [-0.05, 0) is 43.4 Å². The molecule has 24 heavy (non-hydrogen) atoms. The molecule has 0 aromatic heterocycles. The molecule has 4 rings (SSSR count). The Bertz CT molecular complexity index is 628. The molecule has 3 aliphatic rings. The Morgan fingerprint density at radius 1 is 1.12 bits per heavy atom. The van der Waals surface area contributed by atoms with Gasteiger partial charge in [0, 0.05) is 25.2 Å². The van der Waals surface area contributed by atoms with Crippen molar-refractivity contribution in [3.05, 3.63) is 29.8 Å². The number of morpholine rings is 1. The van der Waals surface area contributed by atoms with Crippen LogP contribution in [-0.2, 0) is 20.7 Å². The average Bonchev–Trinajstić information content (AvgIpc) is 3.24. The first-order valence-electron chi connectivity index (χ1n) is 9.03. The van der Waals surface area contributed by atoms with Gasteiger partial charge in [-0.25, -0.2) is 0 Å². The number of hydrogen-bond acceptors (Lipinski definition) is 3. The van der Waals surface area contributed by atoms with Crippen molar-refractivity contribution in [1.29, 1.82) is 0 Å². The van der Waals surface area contributed by atoms with Crippen LogP contribution >= 0.6 is 0 Å². The summed E-state index contributed by atoms with van der Waals surface area (Å²) in [5, 5.41) is 0. The lowest BCUT2D eigenvalue weighted by atomic mass is 10.1. The van der Waals surface area contributed by atoms with E-state index in [1.807, 2.05) is 34.1 Å². The molecule has 0 unspecified atom stereocenters. The van der Waals surface area contributed by atoms with Crippen LogP contribution in [0, 0.1) is 0 Å². The Morgan fingerprint density at radius 2 is 1.96 bits per heavy atom. The topological polar surface area (TPSA) is 49.9 Å². The third kappa shape index (κ3) is 2.93. The first-order valence-corrected chi connectivity index (χ1v) is 9.03. The third-order valence-electron chi connectivity index (χ3n) is 5.48. The summed E-state index contributed by atoms with van der Waals surface area (Å²) >= 11 is 0. The summed E-state index contributed by atoms with van der Waals surface area (Å²) in [6.07, 6.45) is 5.53. The molecule has 128 valence electrons. The summed E-state index contributed by atoms with van der Waals surface area (Å²) in [4.78, 5) is 28.4. The van der Waals surface area contributed by atoms with Crippen LogP contribution in [0.5, 0.6) is 0 Å². The van der Waals surface area contributed by atoms with Crippen molar-refractivity contribution in [2.45, 2.75) is 50.7 Å². The molecule has 1 saturated carbocycles. The minimum absolute atomic E-state index is 0.194. The Kier molecular flexibility index (Phi) is 4.27. The second kappa shape index (κ2) is 6.55. The largest absolute Gasteiger partial charge is 0.374 e. The van der Waals surface area contributed by atoms with Gasteiger partial charge in [-0.2, -0.15) is 0 Å². The highest BCUT2D eigenvalue weighted by Crippen LogP contribution is 2.30. The Balaban J connectivity index is 1.41. The second-order valence-electron chi connectivity index (χ2n) is 6.99. The van der Waals surface area contributed by atoms with Crippen LogP contribution in [0.25, 0.3) is 0 Å². The van der Waals surface area contributed by atoms with Crippen molar-refractivity contribution in [1.82, 2.24) is 4.90 Å². The van der Waals surface area contributed by atoms with E-state index in [1.54, 1.807) is 0 Å². The minimum atomic E-state index is 0.194. The number of carbonyl (C=O) groups is 2. The number of ether oxygens (including phenoxy) is 1. The molecule has 1 aliphatic carbocycles. The number of fused-ring (bicyclic) bond motifs is 1. The normalized spacial score (nSPS) is 26.8. The summed E-state index contributed by atoms with van der Waals surface area (Å²) < 4.78 is 5.78. The SMILES string of the molecule is O=C1CCCN1c1ccc(CC(=O)N2CCO[C@@H]3CCC[C@@H]32)cc1. The summed E-state index contributed by atoms with van der Waals surface area (Å²) in [7, 11) is 0. The Labute approximate surface area is 142 Å². The van der Waals surface area contributed by atoms with Gasteiger partial charge in [0.1, 0.15) is 0 Å². The van der Waals surface area contributed by atoms with Gasteiger partial charge >= 0.3 is 0 Å². The monoisotopic (exact) mass is 328 g/mol. The molecule has 3 fully saturated rings. The van der Waals surface area contributed by atoms with Crippen molar-refractivity contribution in [3.63, 3.8) is 0 Å². The smallest absolute Gasteiger partial charge is 0.227 e. The fourth-order valence-electron chi connectivity index (χ4n) is 4.23. The maximum Gasteiger partial charge on any atom is 0.227 e. The van der Waals surface area contributed by atoms with Gasteiger partial charge in [0.2, 0.25) is 11.8 Å². The van der Waals surface area contributed by atoms with Gasteiger partial charge in [0.05, 0.1) is 25.2 Å². The van der Waals surface area contributed by atoms with Crippen LogP contribution < -0.4 is 4.90 Å². The summed E-state index contributed by atoms with van der Waals surface area (Å²) in [6, 6.07) is 8.15. The van der Waals surface area contributed by atoms with Crippen molar-refractivity contribution in [2.24, 2.45) is 0 Å². The molecule has 1 aromatic rings. The van der Waals surface area contributed by atoms with Gasteiger partial charge in [-0.1, -0.05) is 12.1 Å². The minimum Gasteiger partial charge on any atom is -0.374 e. The number of hydrogen-bond donors (Lipinski definition) is 0. The van der Waals surface area contributed by atoms with E-state index in [0.29, 0.717) is 26.0 Å². The van der Waals surface area contributed by atoms with E-state index in [0.717, 1.165) is 43.5 Å². The van der Waals surface area contributed by atoms with Crippen LogP contribution in [0.1, 0.15) is 37.7 Å². The van der Waals surface area contributed by atoms with E-state index in [2.05, 4.69) is 0 Å². The van der Waals surface area contributed by atoms with E-state index in [1.165, 1.54) is 0 Å². The number of carbonyl (C=O) groups excluding carboxylic acids is 2. The number of nitrogens with zero attached hydrogens (tertiary/aromatic N) is 2. The van der Waals surface area contributed by atoms with Crippen LogP contribution in [0.15, 0.2) is 24.3 Å². The molecule has 0 N–H and O–H groups in total. The molecule has 5 heteroatoms. The van der Waals surface area contributed by atoms with E-state index < -0.39 is 0 Å². The summed E-state index contributed by atoms with van der Waals surface area (Å²) in [6.45, 7) is 2.16. The third-order valence-corrected chi connectivity index (χ3v) is 5.48. The Hall–Kier alpha value is -1.88. The number of anilines is 1. The standard InChI is InChI=1S/C19H24N2O3/c22-18-5-2-10-20(18)15-8-6-14(7-9-15)13-19(23)21-11-12-24-17-4-1-3-16(17)21/h6-9,16-17H,1-5,10-13H2/t16-,17+/m0/s1. The molecule has 5 nitrogen and oxygen atoms in total. The predicted molar refractivity (Wildman–Crippen MR) is 90.8 cm³/mol. The fraction of sp³-hybridized carbons (Fsp3) is 0.579. The zero-order chi connectivity index (χ0) is 16.5. The molecule has 2 aliphatic heterocycles. The van der Waals surface area contributed by atoms with Crippen molar-refractivity contribution < 1.29 is 14.3 Å². The molecule has 2 amide bonds. The van der Waals surface area contributed by atoms with Crippen LogP contribution in [-0.4, -0.2) is 48.6 Å². The molecule has 2 saturated heterocycles. The number of rotatable bonds is 3. The van der Waals surface area contributed by atoms with Crippen molar-refractivity contribution in [2.75, 3.05) is 24.6 Å². The van der Waals surface area contributed by atoms with Crippen LogP contribution in [0.2, 0.25) is 0 Å². The van der Waals surface area contributed by atoms with E-state index in [4.69, 9.17) is 4.74 Å². The van der Waals surface area contributed by atoms with Gasteiger partial charge < -0.3 is 14.5 Å². The highest BCUT2D eigenvalue weighted by Gasteiger charge is 2.38. The zero-order valence-electron chi connectivity index (χ0n) is 13.9. The van der Waals surface area contributed by atoms with Crippen molar-refractivity contribution >= 4 is 17.5 Å². The number of amides is 2. The zero-order valence-corrected chi connectivity index (χ0v) is 13.9. The van der Waals surface area contributed by atoms with Crippen LogP contribution in [0.3, 0.4) is 0 Å². The fourth-order valence-corrected chi connectivity index (χ4v) is 4.23. The summed E-state index contributed by atoms with van der Waals surface area (Å²) in [5.74, 6) is 0.389. The molecular formula is C19H24N2O3. The van der Waals surface area contributed by atoms with Gasteiger partial charge in [-0.3, -0.25) is 9.59 Å². The molecule has 2 atom stereocenters. The van der Waals surface area contributed by atoms with Gasteiger partial charge in [-0.15, -0.1) is 0 Å². The molecule has 0 radical (unpaired) electrons. The highest BCUT2D eigenvalue weighted by molar-refractivity contribution is 5.95. The highest BCUT2D eigenvalue weighted by atomic mass is 16.5. The quantitative estimate of drug-likeness (QED) is 0.854. The number of benzene rings is 1.